The van der Waals surface area contributed by atoms with Crippen LogP contribution in [0.1, 0.15) is 38.3 Å². The Hall–Kier alpha value is -1.59. The second-order valence-corrected chi connectivity index (χ2v) is 7.80. The Labute approximate surface area is 144 Å². The van der Waals surface area contributed by atoms with E-state index in [1.165, 1.54) is 11.1 Å². The Kier molecular flexibility index (Phi) is 4.58. The van der Waals surface area contributed by atoms with Gasteiger partial charge in [-0.05, 0) is 44.7 Å². The Balaban J connectivity index is 1.69. The summed E-state index contributed by atoms with van der Waals surface area (Å²) in [5, 5.41) is 10.2. The van der Waals surface area contributed by atoms with Crippen LogP contribution in [0.2, 0.25) is 0 Å². The van der Waals surface area contributed by atoms with Crippen molar-refractivity contribution in [2.24, 2.45) is 0 Å². The maximum absolute atomic E-state index is 12.2. The predicted molar refractivity (Wildman–Crippen MR) is 92.9 cm³/mol. The van der Waals surface area contributed by atoms with Gasteiger partial charge in [-0.1, -0.05) is 24.3 Å². The monoisotopic (exact) mass is 332 g/mol. The van der Waals surface area contributed by atoms with E-state index in [4.69, 9.17) is 4.74 Å². The number of nitrogens with zero attached hydrogens (tertiary/aromatic N) is 2. The molecule has 0 aromatic heterocycles. The van der Waals surface area contributed by atoms with Crippen LogP contribution >= 0.6 is 0 Å². The highest BCUT2D eigenvalue weighted by molar-refractivity contribution is 5.68. The van der Waals surface area contributed by atoms with Crippen molar-refractivity contribution in [1.29, 1.82) is 0 Å². The lowest BCUT2D eigenvalue weighted by Crippen LogP contribution is -2.57. The van der Waals surface area contributed by atoms with E-state index in [-0.39, 0.29) is 18.2 Å². The van der Waals surface area contributed by atoms with Crippen LogP contribution in [0.15, 0.2) is 24.3 Å². The van der Waals surface area contributed by atoms with Crippen LogP contribution < -0.4 is 0 Å². The summed E-state index contributed by atoms with van der Waals surface area (Å²) in [5.74, 6) is 0. The van der Waals surface area contributed by atoms with Gasteiger partial charge in [-0.15, -0.1) is 0 Å². The summed E-state index contributed by atoms with van der Waals surface area (Å²) in [6.45, 7) is 8.57. The zero-order valence-electron chi connectivity index (χ0n) is 14.9. The minimum absolute atomic E-state index is 0.121. The van der Waals surface area contributed by atoms with Gasteiger partial charge in [0, 0.05) is 26.2 Å². The summed E-state index contributed by atoms with van der Waals surface area (Å²) in [5.41, 5.74) is 1.82. The Morgan fingerprint density at radius 1 is 1.21 bits per heavy atom. The second-order valence-electron chi connectivity index (χ2n) is 7.80. The van der Waals surface area contributed by atoms with E-state index in [1.54, 1.807) is 4.90 Å². The Morgan fingerprint density at radius 2 is 1.88 bits per heavy atom. The van der Waals surface area contributed by atoms with E-state index in [9.17, 15) is 9.90 Å². The van der Waals surface area contributed by atoms with Crippen LogP contribution in [-0.2, 0) is 16.7 Å². The normalized spacial score (nSPS) is 24.8. The molecule has 0 spiro atoms. The van der Waals surface area contributed by atoms with Gasteiger partial charge in [-0.25, -0.2) is 4.79 Å². The van der Waals surface area contributed by atoms with Crippen LogP contribution in [0.25, 0.3) is 0 Å². The number of fused-ring (bicyclic) bond motifs is 1. The maximum atomic E-state index is 12.2. The number of benzene rings is 1. The van der Waals surface area contributed by atoms with Gasteiger partial charge in [0.2, 0.25) is 0 Å². The molecule has 132 valence electrons. The lowest BCUT2D eigenvalue weighted by molar-refractivity contribution is -0.0217. The molecule has 1 saturated heterocycles. The number of carbonyl (C=O) groups excluding carboxylic acids is 1. The van der Waals surface area contributed by atoms with Crippen LogP contribution in [0.3, 0.4) is 0 Å². The van der Waals surface area contributed by atoms with E-state index in [0.29, 0.717) is 13.1 Å². The minimum atomic E-state index is -0.467. The molecule has 1 aromatic carbocycles. The van der Waals surface area contributed by atoms with Crippen molar-refractivity contribution >= 4 is 6.09 Å². The number of aliphatic hydroxyl groups is 1. The van der Waals surface area contributed by atoms with Gasteiger partial charge in [-0.2, -0.15) is 0 Å². The summed E-state index contributed by atoms with van der Waals surface area (Å²) >= 11 is 0. The third kappa shape index (κ3) is 3.15. The molecule has 0 radical (unpaired) electrons. The number of carbonyl (C=O) groups is 1. The molecule has 1 aliphatic carbocycles. The van der Waals surface area contributed by atoms with E-state index in [2.05, 4.69) is 23.1 Å². The van der Waals surface area contributed by atoms with Gasteiger partial charge in [0.25, 0.3) is 0 Å². The zero-order chi connectivity index (χ0) is 17.4. The Bertz CT molecular complexity index is 603. The molecule has 1 atom stereocenters. The fraction of sp³-hybridized carbons (Fsp3) is 0.632. The van der Waals surface area contributed by atoms with Gasteiger partial charge in [0.15, 0.2) is 0 Å². The number of rotatable bonds is 2. The fourth-order valence-corrected chi connectivity index (χ4v) is 3.90. The number of ether oxygens (including phenoxy) is 1. The van der Waals surface area contributed by atoms with Crippen molar-refractivity contribution in [3.8, 4) is 0 Å². The molecule has 1 aromatic rings. The molecular formula is C19H28N2O3. The first-order valence-electron chi connectivity index (χ1n) is 8.78. The lowest BCUT2D eigenvalue weighted by Gasteiger charge is -2.45. The minimum Gasteiger partial charge on any atom is -0.444 e. The summed E-state index contributed by atoms with van der Waals surface area (Å²) in [7, 11) is 0. The van der Waals surface area contributed by atoms with Gasteiger partial charge in [0.1, 0.15) is 5.60 Å². The van der Waals surface area contributed by atoms with E-state index < -0.39 is 5.60 Å². The molecule has 0 bridgehead atoms. The maximum Gasteiger partial charge on any atom is 0.410 e. The highest BCUT2D eigenvalue weighted by Crippen LogP contribution is 2.41. The van der Waals surface area contributed by atoms with Gasteiger partial charge < -0.3 is 14.7 Å². The molecule has 1 aliphatic heterocycles. The smallest absolute Gasteiger partial charge is 0.410 e. The highest BCUT2D eigenvalue weighted by Gasteiger charge is 2.44. The van der Waals surface area contributed by atoms with Gasteiger partial charge in [-0.3, -0.25) is 4.90 Å². The number of aryl methyl sites for hydroxylation is 1. The summed E-state index contributed by atoms with van der Waals surface area (Å²) in [6.07, 6.45) is 1.70. The van der Waals surface area contributed by atoms with Crippen molar-refractivity contribution in [2.45, 2.75) is 44.8 Å². The Morgan fingerprint density at radius 3 is 2.50 bits per heavy atom. The molecule has 24 heavy (non-hydrogen) atoms. The molecule has 5 heteroatoms. The number of hydrogen-bond donors (Lipinski definition) is 1. The molecule has 1 fully saturated rings. The topological polar surface area (TPSA) is 53.0 Å². The molecular weight excluding hydrogens is 304 g/mol. The SMILES string of the molecule is CC(C)(C)OC(=O)N1CCN([C@@]2(CO)CCc3ccccc32)CC1. The van der Waals surface area contributed by atoms with Gasteiger partial charge in [0.05, 0.1) is 12.1 Å². The molecule has 1 N–H and O–H groups in total. The summed E-state index contributed by atoms with van der Waals surface area (Å²) < 4.78 is 5.46. The standard InChI is InChI=1S/C19H28N2O3/c1-18(2,3)24-17(23)20-10-12-21(13-11-20)19(14-22)9-8-15-6-4-5-7-16(15)19/h4-7,22H,8-14H2,1-3H3/t19-/m1/s1. The number of hydrogen-bond acceptors (Lipinski definition) is 4. The van der Waals surface area contributed by atoms with Crippen molar-refractivity contribution in [2.75, 3.05) is 32.8 Å². The molecule has 1 amide bonds. The average molecular weight is 332 g/mol. The molecule has 0 unspecified atom stereocenters. The molecule has 1 heterocycles. The fourth-order valence-electron chi connectivity index (χ4n) is 3.90. The van der Waals surface area contributed by atoms with Crippen LogP contribution in [0.4, 0.5) is 4.79 Å². The summed E-state index contributed by atoms with van der Waals surface area (Å²) in [4.78, 5) is 16.3. The van der Waals surface area contributed by atoms with Crippen LogP contribution in [0.5, 0.6) is 0 Å². The number of amides is 1. The van der Waals surface area contributed by atoms with Crippen LogP contribution in [0, 0.1) is 0 Å². The van der Waals surface area contributed by atoms with Crippen LogP contribution in [-0.4, -0.2) is 59.4 Å². The average Bonchev–Trinajstić information content (AvgIpc) is 2.93. The first-order chi connectivity index (χ1) is 11.4. The number of piperazine rings is 1. The first kappa shape index (κ1) is 17.2. The predicted octanol–water partition coefficient (Wildman–Crippen LogP) is 2.37. The lowest BCUT2D eigenvalue weighted by atomic mass is 9.90. The third-order valence-electron chi connectivity index (χ3n) is 5.12. The zero-order valence-corrected chi connectivity index (χ0v) is 14.9. The molecule has 3 rings (SSSR count). The third-order valence-corrected chi connectivity index (χ3v) is 5.12. The van der Waals surface area contributed by atoms with Crippen molar-refractivity contribution in [3.05, 3.63) is 35.4 Å². The first-order valence-corrected chi connectivity index (χ1v) is 8.78. The quantitative estimate of drug-likeness (QED) is 0.903. The molecule has 0 saturated carbocycles. The van der Waals surface area contributed by atoms with Crippen molar-refractivity contribution < 1.29 is 14.6 Å². The second kappa shape index (κ2) is 6.37. The molecule has 2 aliphatic rings. The van der Waals surface area contributed by atoms with E-state index in [0.717, 1.165) is 25.9 Å². The molecule has 5 nitrogen and oxygen atoms in total. The number of aliphatic hydroxyl groups excluding tert-OH is 1. The van der Waals surface area contributed by atoms with Gasteiger partial charge >= 0.3 is 6.09 Å². The highest BCUT2D eigenvalue weighted by atomic mass is 16.6. The summed E-state index contributed by atoms with van der Waals surface area (Å²) in [6, 6.07) is 8.40. The largest absolute Gasteiger partial charge is 0.444 e. The van der Waals surface area contributed by atoms with Crippen molar-refractivity contribution in [3.63, 3.8) is 0 Å². The van der Waals surface area contributed by atoms with E-state index >= 15 is 0 Å². The van der Waals surface area contributed by atoms with E-state index in [1.807, 2.05) is 26.8 Å². The van der Waals surface area contributed by atoms with Crippen molar-refractivity contribution in [1.82, 2.24) is 9.80 Å².